The highest BCUT2D eigenvalue weighted by Crippen LogP contribution is 2.11. The molecule has 0 heterocycles. The van der Waals surface area contributed by atoms with Crippen LogP contribution in [0.2, 0.25) is 0 Å². The third kappa shape index (κ3) is 8.19. The van der Waals surface area contributed by atoms with Crippen LogP contribution in [-0.2, 0) is 14.8 Å². The molecule has 0 saturated heterocycles. The number of alkyl halides is 1. The second-order valence-corrected chi connectivity index (χ2v) is 6.58. The minimum atomic E-state index is -3.23. The van der Waals surface area contributed by atoms with Crippen molar-refractivity contribution >= 4 is 26.0 Å². The fourth-order valence-corrected chi connectivity index (χ4v) is 3.45. The smallest absolute Gasteiger partial charge is 0.214 e. The first-order valence-electron chi connectivity index (χ1n) is 4.98. The molecule has 0 bridgehead atoms. The number of hydrogen-bond acceptors (Lipinski definition) is 3. The van der Waals surface area contributed by atoms with Crippen LogP contribution in [0.3, 0.4) is 0 Å². The van der Waals surface area contributed by atoms with Gasteiger partial charge in [-0.15, -0.1) is 0 Å². The molecule has 0 spiro atoms. The molecule has 0 amide bonds. The zero-order valence-corrected chi connectivity index (χ0v) is 11.9. The summed E-state index contributed by atoms with van der Waals surface area (Å²) in [4.78, 5) is 0. The summed E-state index contributed by atoms with van der Waals surface area (Å²) in [6.07, 6.45) is 0.751. The van der Waals surface area contributed by atoms with E-state index < -0.39 is 15.6 Å². The van der Waals surface area contributed by atoms with Crippen LogP contribution in [-0.4, -0.2) is 38.3 Å². The third-order valence-corrected chi connectivity index (χ3v) is 3.82. The highest BCUT2D eigenvalue weighted by molar-refractivity contribution is 9.09. The van der Waals surface area contributed by atoms with Gasteiger partial charge in [0.15, 0.2) is 0 Å². The predicted molar refractivity (Wildman–Crippen MR) is 65.9 cm³/mol. The molecule has 0 atom stereocenters. The average molecular weight is 302 g/mol. The number of ether oxygens (including phenoxy) is 1. The molecule has 0 radical (unpaired) electrons. The van der Waals surface area contributed by atoms with E-state index >= 15 is 0 Å². The van der Waals surface area contributed by atoms with Gasteiger partial charge in [0.1, 0.15) is 0 Å². The van der Waals surface area contributed by atoms with Crippen LogP contribution in [0.15, 0.2) is 0 Å². The van der Waals surface area contributed by atoms with Gasteiger partial charge in [0.05, 0.1) is 12.4 Å². The summed E-state index contributed by atoms with van der Waals surface area (Å²) < 4.78 is 30.8. The molecule has 1 N–H and O–H groups in total. The molecule has 4 nitrogen and oxygen atoms in total. The van der Waals surface area contributed by atoms with E-state index in [1.807, 2.05) is 20.8 Å². The lowest BCUT2D eigenvalue weighted by molar-refractivity contribution is 0.163. The van der Waals surface area contributed by atoms with Crippen LogP contribution < -0.4 is 4.72 Å². The van der Waals surface area contributed by atoms with Crippen LogP contribution >= 0.6 is 15.9 Å². The number of hydrogen-bond donors (Lipinski definition) is 1. The minimum absolute atomic E-state index is 0.0204. The standard InChI is InChI=1S/C9H20BrNO3S/c1-4-14-7-8-15(12,13)11-9(2,3)5-6-10/h11H,4-8H2,1-3H3. The Bertz CT molecular complexity index is 265. The number of nitrogens with one attached hydrogen (secondary N) is 1. The molecule has 92 valence electrons. The number of rotatable bonds is 8. The molecule has 0 fully saturated rings. The van der Waals surface area contributed by atoms with E-state index in [0.29, 0.717) is 6.61 Å². The van der Waals surface area contributed by atoms with Crippen LogP contribution in [0.1, 0.15) is 27.2 Å². The lowest BCUT2D eigenvalue weighted by Crippen LogP contribution is -2.45. The van der Waals surface area contributed by atoms with Gasteiger partial charge in [-0.2, -0.15) is 0 Å². The van der Waals surface area contributed by atoms with Crippen molar-refractivity contribution in [2.45, 2.75) is 32.7 Å². The van der Waals surface area contributed by atoms with Crippen LogP contribution in [0, 0.1) is 0 Å². The Kier molecular flexibility index (Phi) is 6.99. The maximum Gasteiger partial charge on any atom is 0.214 e. The summed E-state index contributed by atoms with van der Waals surface area (Å²) in [5.41, 5.74) is -0.408. The molecule has 15 heavy (non-hydrogen) atoms. The fraction of sp³-hybridized carbons (Fsp3) is 1.00. The Hall–Kier alpha value is 0.350. The topological polar surface area (TPSA) is 55.4 Å². The maximum absolute atomic E-state index is 11.6. The van der Waals surface area contributed by atoms with Gasteiger partial charge in [-0.3, -0.25) is 0 Å². The largest absolute Gasteiger partial charge is 0.381 e. The van der Waals surface area contributed by atoms with Gasteiger partial charge in [0.2, 0.25) is 10.0 Å². The Balaban J connectivity index is 4.13. The molecule has 0 aliphatic rings. The second-order valence-electron chi connectivity index (χ2n) is 3.94. The third-order valence-electron chi connectivity index (χ3n) is 1.85. The van der Waals surface area contributed by atoms with Crippen LogP contribution in [0.25, 0.3) is 0 Å². The zero-order chi connectivity index (χ0) is 11.9. The monoisotopic (exact) mass is 301 g/mol. The van der Waals surface area contributed by atoms with E-state index in [9.17, 15) is 8.42 Å². The first-order valence-corrected chi connectivity index (χ1v) is 7.76. The van der Waals surface area contributed by atoms with Crippen molar-refractivity contribution < 1.29 is 13.2 Å². The van der Waals surface area contributed by atoms with E-state index in [-0.39, 0.29) is 12.4 Å². The van der Waals surface area contributed by atoms with Gasteiger partial charge in [-0.25, -0.2) is 13.1 Å². The van der Waals surface area contributed by atoms with Gasteiger partial charge in [-0.05, 0) is 27.2 Å². The van der Waals surface area contributed by atoms with Crippen molar-refractivity contribution in [3.05, 3.63) is 0 Å². The lowest BCUT2D eigenvalue weighted by atomic mass is 10.0. The van der Waals surface area contributed by atoms with E-state index in [2.05, 4.69) is 20.7 Å². The van der Waals surface area contributed by atoms with Crippen molar-refractivity contribution in [1.29, 1.82) is 0 Å². The average Bonchev–Trinajstić information content (AvgIpc) is 2.01. The van der Waals surface area contributed by atoms with Crippen molar-refractivity contribution in [3.63, 3.8) is 0 Å². The lowest BCUT2D eigenvalue weighted by Gasteiger charge is -2.24. The Morgan fingerprint density at radius 1 is 1.40 bits per heavy atom. The predicted octanol–water partition coefficient (Wildman–Crippen LogP) is 1.51. The molecule has 0 aromatic carbocycles. The molecule has 0 aliphatic carbocycles. The zero-order valence-electron chi connectivity index (χ0n) is 9.55. The van der Waals surface area contributed by atoms with Gasteiger partial charge in [-0.1, -0.05) is 15.9 Å². The second kappa shape index (κ2) is 6.83. The molecule has 0 unspecified atom stereocenters. The SMILES string of the molecule is CCOCCS(=O)(=O)NC(C)(C)CCBr. The summed E-state index contributed by atoms with van der Waals surface area (Å²) in [5, 5.41) is 0.772. The molecule has 0 aromatic rings. The van der Waals surface area contributed by atoms with Gasteiger partial charge in [0.25, 0.3) is 0 Å². The Morgan fingerprint density at radius 2 is 2.00 bits per heavy atom. The van der Waals surface area contributed by atoms with Crippen molar-refractivity contribution in [3.8, 4) is 0 Å². The molecular formula is C9H20BrNO3S. The normalized spacial score (nSPS) is 13.1. The maximum atomic E-state index is 11.6. The summed E-state index contributed by atoms with van der Waals surface area (Å²) in [7, 11) is -3.23. The fourth-order valence-electron chi connectivity index (χ4n) is 1.07. The molecule has 6 heteroatoms. The van der Waals surface area contributed by atoms with Gasteiger partial charge < -0.3 is 4.74 Å². The molecule has 0 rings (SSSR count). The first-order chi connectivity index (χ1) is 6.83. The highest BCUT2D eigenvalue weighted by atomic mass is 79.9. The molecule has 0 aromatic heterocycles. The minimum Gasteiger partial charge on any atom is -0.381 e. The van der Waals surface area contributed by atoms with Crippen molar-refractivity contribution in [2.24, 2.45) is 0 Å². The first kappa shape index (κ1) is 15.3. The molecular weight excluding hydrogens is 282 g/mol. The summed E-state index contributed by atoms with van der Waals surface area (Å²) in [6.45, 7) is 6.37. The quantitative estimate of drug-likeness (QED) is 0.546. The van der Waals surface area contributed by atoms with Crippen molar-refractivity contribution in [1.82, 2.24) is 4.72 Å². The summed E-state index contributed by atoms with van der Waals surface area (Å²) in [5.74, 6) is 0.0204. The summed E-state index contributed by atoms with van der Waals surface area (Å²) in [6, 6.07) is 0. The molecule has 0 saturated carbocycles. The molecule has 0 aliphatic heterocycles. The van der Waals surface area contributed by atoms with E-state index in [0.717, 1.165) is 11.8 Å². The van der Waals surface area contributed by atoms with Gasteiger partial charge in [0, 0.05) is 17.5 Å². The number of halogens is 1. The van der Waals surface area contributed by atoms with Crippen LogP contribution in [0.5, 0.6) is 0 Å². The Labute approximate surface area is 101 Å². The van der Waals surface area contributed by atoms with E-state index in [1.54, 1.807) is 0 Å². The highest BCUT2D eigenvalue weighted by Gasteiger charge is 2.23. The van der Waals surface area contributed by atoms with E-state index in [4.69, 9.17) is 4.74 Å². The van der Waals surface area contributed by atoms with E-state index in [1.165, 1.54) is 0 Å². The summed E-state index contributed by atoms with van der Waals surface area (Å²) >= 11 is 3.30. The Morgan fingerprint density at radius 3 is 2.47 bits per heavy atom. The van der Waals surface area contributed by atoms with Crippen molar-refractivity contribution in [2.75, 3.05) is 24.3 Å². The van der Waals surface area contributed by atoms with Crippen LogP contribution in [0.4, 0.5) is 0 Å². The number of sulfonamides is 1. The van der Waals surface area contributed by atoms with Gasteiger partial charge >= 0.3 is 0 Å².